The Morgan fingerprint density at radius 3 is 2.76 bits per heavy atom. The van der Waals surface area contributed by atoms with Crippen LogP contribution in [0.4, 0.5) is 0 Å². The molecule has 118 valence electrons. The number of morpholine rings is 1. The van der Waals surface area contributed by atoms with Gasteiger partial charge in [0.1, 0.15) is 5.82 Å². The van der Waals surface area contributed by atoms with Gasteiger partial charge in [-0.25, -0.2) is 9.97 Å². The summed E-state index contributed by atoms with van der Waals surface area (Å²) in [4.78, 5) is 11.1. The standard InChI is InChI=1S/C16H28N4O/c1-13(2)10-16(20-6-8-21-9-7-20)12-17-11-15-4-5-18-14(3)19-15/h4-5,13,16-17H,6-12H2,1-3H3. The van der Waals surface area contributed by atoms with Crippen LogP contribution >= 0.6 is 0 Å². The molecule has 21 heavy (non-hydrogen) atoms. The van der Waals surface area contributed by atoms with Crippen molar-refractivity contribution in [2.75, 3.05) is 32.8 Å². The maximum atomic E-state index is 5.46. The molecule has 5 nitrogen and oxygen atoms in total. The largest absolute Gasteiger partial charge is 0.379 e. The predicted octanol–water partition coefficient (Wildman–Crippen LogP) is 1.62. The molecule has 1 aliphatic heterocycles. The van der Waals surface area contributed by atoms with E-state index in [9.17, 15) is 0 Å². The zero-order chi connectivity index (χ0) is 15.1. The van der Waals surface area contributed by atoms with Gasteiger partial charge in [-0.15, -0.1) is 0 Å². The van der Waals surface area contributed by atoms with Gasteiger partial charge < -0.3 is 10.1 Å². The van der Waals surface area contributed by atoms with Crippen molar-refractivity contribution in [2.24, 2.45) is 5.92 Å². The number of ether oxygens (including phenoxy) is 1. The van der Waals surface area contributed by atoms with Crippen LogP contribution in [0.25, 0.3) is 0 Å². The van der Waals surface area contributed by atoms with Gasteiger partial charge in [0.25, 0.3) is 0 Å². The van der Waals surface area contributed by atoms with Gasteiger partial charge in [-0.1, -0.05) is 13.8 Å². The molecule has 0 spiro atoms. The molecule has 1 N–H and O–H groups in total. The minimum Gasteiger partial charge on any atom is -0.379 e. The Bertz CT molecular complexity index is 418. The molecule has 0 aromatic carbocycles. The highest BCUT2D eigenvalue weighted by Crippen LogP contribution is 2.13. The van der Waals surface area contributed by atoms with Crippen LogP contribution < -0.4 is 5.32 Å². The zero-order valence-electron chi connectivity index (χ0n) is 13.5. The number of nitrogens with zero attached hydrogens (tertiary/aromatic N) is 3. The van der Waals surface area contributed by atoms with Gasteiger partial charge in [0.05, 0.1) is 18.9 Å². The molecule has 5 heteroatoms. The van der Waals surface area contributed by atoms with Crippen molar-refractivity contribution in [3.05, 3.63) is 23.8 Å². The number of aromatic nitrogens is 2. The average molecular weight is 292 g/mol. The minimum atomic E-state index is 0.580. The highest BCUT2D eigenvalue weighted by Gasteiger charge is 2.21. The number of nitrogens with one attached hydrogen (secondary N) is 1. The highest BCUT2D eigenvalue weighted by atomic mass is 16.5. The SMILES string of the molecule is Cc1nccc(CNCC(CC(C)C)N2CCOCC2)n1. The molecule has 0 bridgehead atoms. The lowest BCUT2D eigenvalue weighted by Gasteiger charge is -2.35. The molecule has 2 heterocycles. The fraction of sp³-hybridized carbons (Fsp3) is 0.750. The lowest BCUT2D eigenvalue weighted by molar-refractivity contribution is 0.0123. The zero-order valence-corrected chi connectivity index (χ0v) is 13.5. The predicted molar refractivity (Wildman–Crippen MR) is 84.1 cm³/mol. The molecule has 0 aliphatic carbocycles. The third-order valence-electron chi connectivity index (χ3n) is 3.83. The van der Waals surface area contributed by atoms with Gasteiger partial charge in [-0.3, -0.25) is 4.90 Å². The Morgan fingerprint density at radius 1 is 1.33 bits per heavy atom. The van der Waals surface area contributed by atoms with E-state index >= 15 is 0 Å². The lowest BCUT2D eigenvalue weighted by Crippen LogP contribution is -2.48. The van der Waals surface area contributed by atoms with E-state index in [1.54, 1.807) is 0 Å². The normalized spacial score (nSPS) is 18.1. The van der Waals surface area contributed by atoms with E-state index in [1.807, 2.05) is 19.2 Å². The molecule has 1 aromatic rings. The average Bonchev–Trinajstić information content (AvgIpc) is 2.47. The summed E-state index contributed by atoms with van der Waals surface area (Å²) in [5.41, 5.74) is 1.06. The number of aryl methyl sites for hydroxylation is 1. The molecule has 1 aliphatic rings. The lowest BCUT2D eigenvalue weighted by atomic mass is 10.0. The van der Waals surface area contributed by atoms with Gasteiger partial charge in [0, 0.05) is 38.4 Å². The van der Waals surface area contributed by atoms with Crippen molar-refractivity contribution >= 4 is 0 Å². The summed E-state index contributed by atoms with van der Waals surface area (Å²) < 4.78 is 5.46. The fourth-order valence-corrected chi connectivity index (χ4v) is 2.82. The third-order valence-corrected chi connectivity index (χ3v) is 3.83. The Kier molecular flexibility index (Phi) is 6.54. The number of hydrogen-bond donors (Lipinski definition) is 1. The molecule has 1 unspecified atom stereocenters. The van der Waals surface area contributed by atoms with Crippen molar-refractivity contribution in [1.29, 1.82) is 0 Å². The van der Waals surface area contributed by atoms with Crippen LogP contribution in [0.5, 0.6) is 0 Å². The van der Waals surface area contributed by atoms with Gasteiger partial charge in [0.2, 0.25) is 0 Å². The van der Waals surface area contributed by atoms with E-state index < -0.39 is 0 Å². The van der Waals surface area contributed by atoms with E-state index in [0.29, 0.717) is 12.0 Å². The summed E-state index contributed by atoms with van der Waals surface area (Å²) in [6.07, 6.45) is 3.04. The van der Waals surface area contributed by atoms with E-state index in [2.05, 4.69) is 34.0 Å². The maximum Gasteiger partial charge on any atom is 0.125 e. The topological polar surface area (TPSA) is 50.3 Å². The quantitative estimate of drug-likeness (QED) is 0.827. The summed E-state index contributed by atoms with van der Waals surface area (Å²) in [6.45, 7) is 12.1. The van der Waals surface area contributed by atoms with Gasteiger partial charge in [-0.05, 0) is 25.3 Å². The molecule has 0 radical (unpaired) electrons. The molecular formula is C16H28N4O. The van der Waals surface area contributed by atoms with Crippen molar-refractivity contribution in [3.8, 4) is 0 Å². The molecule has 1 aromatic heterocycles. The first-order valence-corrected chi connectivity index (χ1v) is 7.96. The van der Waals surface area contributed by atoms with E-state index in [1.165, 1.54) is 6.42 Å². The molecule has 0 amide bonds. The summed E-state index contributed by atoms with van der Waals surface area (Å²) >= 11 is 0. The molecule has 0 saturated carbocycles. The van der Waals surface area contributed by atoms with E-state index in [0.717, 1.165) is 50.9 Å². The van der Waals surface area contributed by atoms with Crippen LogP contribution in [-0.4, -0.2) is 53.8 Å². The summed E-state index contributed by atoms with van der Waals surface area (Å²) in [6, 6.07) is 2.56. The van der Waals surface area contributed by atoms with Crippen LogP contribution in [0, 0.1) is 12.8 Å². The second-order valence-electron chi connectivity index (χ2n) is 6.16. The van der Waals surface area contributed by atoms with Gasteiger partial charge in [-0.2, -0.15) is 0 Å². The Balaban J connectivity index is 1.83. The van der Waals surface area contributed by atoms with Crippen molar-refractivity contribution < 1.29 is 4.74 Å². The van der Waals surface area contributed by atoms with Crippen LogP contribution in [0.2, 0.25) is 0 Å². The summed E-state index contributed by atoms with van der Waals surface area (Å²) in [7, 11) is 0. The van der Waals surface area contributed by atoms with Crippen LogP contribution in [0.1, 0.15) is 31.8 Å². The van der Waals surface area contributed by atoms with Crippen LogP contribution in [0.15, 0.2) is 12.3 Å². The number of hydrogen-bond acceptors (Lipinski definition) is 5. The van der Waals surface area contributed by atoms with Gasteiger partial charge in [0.15, 0.2) is 0 Å². The monoisotopic (exact) mass is 292 g/mol. The Morgan fingerprint density at radius 2 is 2.10 bits per heavy atom. The van der Waals surface area contributed by atoms with E-state index in [4.69, 9.17) is 4.74 Å². The molecule has 1 fully saturated rings. The molecule has 1 saturated heterocycles. The highest BCUT2D eigenvalue weighted by molar-refractivity contribution is 5.01. The third kappa shape index (κ3) is 5.69. The van der Waals surface area contributed by atoms with Crippen LogP contribution in [0.3, 0.4) is 0 Å². The van der Waals surface area contributed by atoms with Crippen molar-refractivity contribution in [2.45, 2.75) is 39.8 Å². The first-order valence-electron chi connectivity index (χ1n) is 7.96. The molecular weight excluding hydrogens is 264 g/mol. The molecule has 2 rings (SSSR count). The van der Waals surface area contributed by atoms with Crippen molar-refractivity contribution in [3.63, 3.8) is 0 Å². The van der Waals surface area contributed by atoms with E-state index in [-0.39, 0.29) is 0 Å². The van der Waals surface area contributed by atoms with Gasteiger partial charge >= 0.3 is 0 Å². The first kappa shape index (κ1) is 16.3. The fourth-order valence-electron chi connectivity index (χ4n) is 2.82. The minimum absolute atomic E-state index is 0.580. The maximum absolute atomic E-state index is 5.46. The number of rotatable bonds is 7. The van der Waals surface area contributed by atoms with Crippen molar-refractivity contribution in [1.82, 2.24) is 20.2 Å². The second kappa shape index (κ2) is 8.41. The van der Waals surface area contributed by atoms with Crippen LogP contribution in [-0.2, 0) is 11.3 Å². The second-order valence-corrected chi connectivity index (χ2v) is 6.16. The summed E-state index contributed by atoms with van der Waals surface area (Å²) in [5.74, 6) is 1.54. The molecule has 1 atom stereocenters. The smallest absolute Gasteiger partial charge is 0.125 e. The first-order chi connectivity index (χ1) is 10.1. The Hall–Kier alpha value is -1.04. The Labute approximate surface area is 128 Å². The summed E-state index contributed by atoms with van der Waals surface area (Å²) in [5, 5.41) is 3.56.